The van der Waals surface area contributed by atoms with Gasteiger partial charge >= 0.3 is 6.03 Å². The Bertz CT molecular complexity index is 1060. The fraction of sp³-hybridized carbons (Fsp3) is 0.409. The van der Waals surface area contributed by atoms with Crippen molar-refractivity contribution in [2.75, 3.05) is 39.7 Å². The second kappa shape index (κ2) is 8.71. The molecule has 1 aromatic carbocycles. The highest BCUT2D eigenvalue weighted by molar-refractivity contribution is 5.90. The Hall–Kier alpha value is -3.49. The summed E-state index contributed by atoms with van der Waals surface area (Å²) in [6.45, 7) is 3.30. The van der Waals surface area contributed by atoms with Crippen LogP contribution in [0.4, 0.5) is 10.5 Å². The minimum absolute atomic E-state index is 0.155. The summed E-state index contributed by atoms with van der Waals surface area (Å²) in [7, 11) is 4.64. The molecule has 1 aliphatic rings. The van der Waals surface area contributed by atoms with Crippen molar-refractivity contribution in [3.05, 3.63) is 36.3 Å². The standard InChI is InChI=1S/C22H27N5O4/c1-14-24-17-6-5-9-23-21(17)27(14)16-7-10-26(11-8-16)22(28)25-15-12-18(29-2)20(31-4)19(13-15)30-3/h5-6,9,12-13,16H,7-8,10-11H2,1-4H3,(H,25,28). The zero-order valence-electron chi connectivity index (χ0n) is 18.2. The van der Waals surface area contributed by atoms with Gasteiger partial charge in [-0.25, -0.2) is 14.8 Å². The molecule has 0 aliphatic carbocycles. The van der Waals surface area contributed by atoms with Crippen molar-refractivity contribution < 1.29 is 19.0 Å². The summed E-state index contributed by atoms with van der Waals surface area (Å²) in [5, 5.41) is 2.94. The maximum absolute atomic E-state index is 12.9. The molecule has 0 bridgehead atoms. The van der Waals surface area contributed by atoms with Crippen molar-refractivity contribution in [3.8, 4) is 17.2 Å². The predicted octanol–water partition coefficient (Wildman–Crippen LogP) is 3.63. The molecule has 31 heavy (non-hydrogen) atoms. The monoisotopic (exact) mass is 425 g/mol. The number of amides is 2. The molecule has 1 N–H and O–H groups in total. The Kier molecular flexibility index (Phi) is 5.83. The maximum Gasteiger partial charge on any atom is 0.321 e. The molecule has 3 aromatic rings. The second-order valence-electron chi connectivity index (χ2n) is 7.44. The number of hydrogen-bond acceptors (Lipinski definition) is 6. The van der Waals surface area contributed by atoms with Crippen LogP contribution in [-0.2, 0) is 0 Å². The third kappa shape index (κ3) is 3.95. The first-order valence-electron chi connectivity index (χ1n) is 10.2. The zero-order chi connectivity index (χ0) is 22.0. The van der Waals surface area contributed by atoms with Gasteiger partial charge in [0.1, 0.15) is 11.3 Å². The number of fused-ring (bicyclic) bond motifs is 1. The molecule has 0 atom stereocenters. The van der Waals surface area contributed by atoms with Crippen LogP contribution in [0, 0.1) is 6.92 Å². The highest BCUT2D eigenvalue weighted by Crippen LogP contribution is 2.40. The molecule has 2 aromatic heterocycles. The van der Waals surface area contributed by atoms with Crippen molar-refractivity contribution in [1.29, 1.82) is 0 Å². The van der Waals surface area contributed by atoms with E-state index in [1.54, 1.807) is 39.7 Å². The summed E-state index contributed by atoms with van der Waals surface area (Å²) in [5.74, 6) is 2.42. The van der Waals surface area contributed by atoms with Crippen molar-refractivity contribution in [2.24, 2.45) is 0 Å². The van der Waals surface area contributed by atoms with Gasteiger partial charge in [0.2, 0.25) is 5.75 Å². The normalized spacial score (nSPS) is 14.5. The number of carbonyl (C=O) groups is 1. The number of imidazole rings is 1. The Morgan fingerprint density at radius 3 is 2.39 bits per heavy atom. The molecule has 2 amide bonds. The van der Waals surface area contributed by atoms with E-state index in [0.29, 0.717) is 36.0 Å². The molecule has 1 aliphatic heterocycles. The summed E-state index contributed by atoms with van der Waals surface area (Å²) in [5.41, 5.74) is 2.39. The number of piperidine rings is 1. The lowest BCUT2D eigenvalue weighted by atomic mass is 10.0. The van der Waals surface area contributed by atoms with Crippen LogP contribution < -0.4 is 19.5 Å². The molecule has 0 unspecified atom stereocenters. The van der Waals surface area contributed by atoms with Gasteiger partial charge in [0.05, 0.1) is 27.0 Å². The van der Waals surface area contributed by atoms with Gasteiger partial charge in [0, 0.05) is 37.5 Å². The number of ether oxygens (including phenoxy) is 3. The summed E-state index contributed by atoms with van der Waals surface area (Å²) in [4.78, 5) is 23.8. The molecule has 1 fully saturated rings. The SMILES string of the molecule is COc1cc(NC(=O)N2CCC(n3c(C)nc4cccnc43)CC2)cc(OC)c1OC. The van der Waals surface area contributed by atoms with Crippen LogP contribution in [0.25, 0.3) is 11.2 Å². The van der Waals surface area contributed by atoms with E-state index in [1.165, 1.54) is 0 Å². The number of aromatic nitrogens is 3. The van der Waals surface area contributed by atoms with Crippen LogP contribution in [0.2, 0.25) is 0 Å². The van der Waals surface area contributed by atoms with Gasteiger partial charge < -0.3 is 29.0 Å². The van der Waals surface area contributed by atoms with E-state index >= 15 is 0 Å². The third-order valence-corrected chi connectivity index (χ3v) is 5.66. The largest absolute Gasteiger partial charge is 0.493 e. The Labute approximate surface area is 180 Å². The summed E-state index contributed by atoms with van der Waals surface area (Å²) >= 11 is 0. The van der Waals surface area contributed by atoms with Gasteiger partial charge in [-0.3, -0.25) is 0 Å². The molecule has 9 nitrogen and oxygen atoms in total. The van der Waals surface area contributed by atoms with Crippen LogP contribution in [-0.4, -0.2) is 59.9 Å². The number of nitrogens with one attached hydrogen (secondary N) is 1. The van der Waals surface area contributed by atoms with Crippen molar-refractivity contribution in [2.45, 2.75) is 25.8 Å². The molecule has 0 radical (unpaired) electrons. The maximum atomic E-state index is 12.9. The number of likely N-dealkylation sites (tertiary alicyclic amines) is 1. The average molecular weight is 425 g/mol. The molecule has 4 rings (SSSR count). The van der Waals surface area contributed by atoms with E-state index in [9.17, 15) is 4.79 Å². The van der Waals surface area contributed by atoms with E-state index in [4.69, 9.17) is 14.2 Å². The van der Waals surface area contributed by atoms with Crippen LogP contribution >= 0.6 is 0 Å². The Morgan fingerprint density at radius 1 is 1.10 bits per heavy atom. The number of hydrogen-bond donors (Lipinski definition) is 1. The lowest BCUT2D eigenvalue weighted by Crippen LogP contribution is -2.41. The van der Waals surface area contributed by atoms with Crippen molar-refractivity contribution in [3.63, 3.8) is 0 Å². The first-order valence-corrected chi connectivity index (χ1v) is 10.2. The fourth-order valence-corrected chi connectivity index (χ4v) is 4.16. The first kappa shape index (κ1) is 20.8. The average Bonchev–Trinajstić information content (AvgIpc) is 3.14. The topological polar surface area (TPSA) is 90.7 Å². The number of benzene rings is 1. The first-order chi connectivity index (χ1) is 15.0. The second-order valence-corrected chi connectivity index (χ2v) is 7.44. The van der Waals surface area contributed by atoms with E-state index in [1.807, 2.05) is 24.0 Å². The molecular formula is C22H27N5O4. The number of anilines is 1. The van der Waals surface area contributed by atoms with Crippen LogP contribution in [0.15, 0.2) is 30.5 Å². The lowest BCUT2D eigenvalue weighted by Gasteiger charge is -2.33. The number of rotatable bonds is 5. The van der Waals surface area contributed by atoms with E-state index in [2.05, 4.69) is 19.9 Å². The number of aryl methyl sites for hydroxylation is 1. The number of urea groups is 1. The summed E-state index contributed by atoms with van der Waals surface area (Å²) in [6, 6.07) is 7.43. The zero-order valence-corrected chi connectivity index (χ0v) is 18.2. The number of carbonyl (C=O) groups excluding carboxylic acids is 1. The van der Waals surface area contributed by atoms with Gasteiger partial charge in [-0.2, -0.15) is 0 Å². The Balaban J connectivity index is 1.45. The quantitative estimate of drug-likeness (QED) is 0.671. The smallest absolute Gasteiger partial charge is 0.321 e. The predicted molar refractivity (Wildman–Crippen MR) is 117 cm³/mol. The van der Waals surface area contributed by atoms with Crippen LogP contribution in [0.3, 0.4) is 0 Å². The minimum atomic E-state index is -0.155. The molecule has 1 saturated heterocycles. The molecular weight excluding hydrogens is 398 g/mol. The number of methoxy groups -OCH3 is 3. The van der Waals surface area contributed by atoms with Crippen LogP contribution in [0.1, 0.15) is 24.7 Å². The molecule has 3 heterocycles. The van der Waals surface area contributed by atoms with Gasteiger partial charge in [0.15, 0.2) is 17.1 Å². The molecule has 9 heteroatoms. The number of pyridine rings is 1. The van der Waals surface area contributed by atoms with Crippen molar-refractivity contribution in [1.82, 2.24) is 19.4 Å². The highest BCUT2D eigenvalue weighted by atomic mass is 16.5. The third-order valence-electron chi connectivity index (χ3n) is 5.66. The van der Waals surface area contributed by atoms with E-state index in [-0.39, 0.29) is 12.1 Å². The Morgan fingerprint density at radius 2 is 1.77 bits per heavy atom. The number of nitrogens with zero attached hydrogens (tertiary/aromatic N) is 4. The van der Waals surface area contributed by atoms with Gasteiger partial charge in [-0.1, -0.05) is 0 Å². The van der Waals surface area contributed by atoms with Gasteiger partial charge in [-0.05, 0) is 31.9 Å². The summed E-state index contributed by atoms with van der Waals surface area (Å²) < 4.78 is 18.3. The fourth-order valence-electron chi connectivity index (χ4n) is 4.16. The lowest BCUT2D eigenvalue weighted by molar-refractivity contribution is 0.184. The van der Waals surface area contributed by atoms with Gasteiger partial charge in [0.25, 0.3) is 0 Å². The minimum Gasteiger partial charge on any atom is -0.493 e. The molecule has 0 saturated carbocycles. The molecule has 164 valence electrons. The molecule has 0 spiro atoms. The van der Waals surface area contributed by atoms with E-state index in [0.717, 1.165) is 29.8 Å². The highest BCUT2D eigenvalue weighted by Gasteiger charge is 2.27. The van der Waals surface area contributed by atoms with Crippen LogP contribution in [0.5, 0.6) is 17.2 Å². The van der Waals surface area contributed by atoms with E-state index < -0.39 is 0 Å². The summed E-state index contributed by atoms with van der Waals surface area (Å²) in [6.07, 6.45) is 3.47. The van der Waals surface area contributed by atoms with Gasteiger partial charge in [-0.15, -0.1) is 0 Å². The van der Waals surface area contributed by atoms with Crippen molar-refractivity contribution >= 4 is 22.9 Å².